The number of terminal acetylenes is 1. The first-order valence-electron chi connectivity index (χ1n) is 7.26. The van der Waals surface area contributed by atoms with E-state index in [1.165, 1.54) is 0 Å². The van der Waals surface area contributed by atoms with Crippen LogP contribution in [0.15, 0.2) is 60.7 Å². The molecule has 0 heterocycles. The maximum absolute atomic E-state index is 12.5. The minimum absolute atomic E-state index is 0.120. The molecule has 1 atom stereocenters. The largest absolute Gasteiger partial charge is 0.333 e. The summed E-state index contributed by atoms with van der Waals surface area (Å²) >= 11 is 0. The van der Waals surface area contributed by atoms with Crippen LogP contribution in [0.5, 0.6) is 0 Å². The molecule has 3 heteroatoms. The van der Waals surface area contributed by atoms with Gasteiger partial charge in [0, 0.05) is 19.5 Å². The molecule has 2 aromatic carbocycles. The van der Waals surface area contributed by atoms with E-state index in [2.05, 4.69) is 5.92 Å². The lowest BCUT2D eigenvalue weighted by atomic mass is 10.1. The highest BCUT2D eigenvalue weighted by molar-refractivity contribution is 5.82. The predicted octanol–water partition coefficient (Wildman–Crippen LogP) is 2.57. The van der Waals surface area contributed by atoms with Crippen LogP contribution >= 0.6 is 0 Å². The molecule has 0 fully saturated rings. The number of hydrogen-bond donors (Lipinski definition) is 1. The van der Waals surface area contributed by atoms with Crippen LogP contribution < -0.4 is 5.73 Å². The minimum atomic E-state index is -0.655. The van der Waals surface area contributed by atoms with Crippen molar-refractivity contribution in [2.75, 3.05) is 0 Å². The van der Waals surface area contributed by atoms with Crippen molar-refractivity contribution in [2.45, 2.75) is 25.6 Å². The molecule has 2 rings (SSSR count). The third-order valence-electron chi connectivity index (χ3n) is 3.40. The van der Waals surface area contributed by atoms with Gasteiger partial charge < -0.3 is 10.6 Å². The van der Waals surface area contributed by atoms with Gasteiger partial charge in [-0.1, -0.05) is 60.7 Å². The Morgan fingerprint density at radius 2 is 1.45 bits per heavy atom. The predicted molar refractivity (Wildman–Crippen MR) is 88.6 cm³/mol. The van der Waals surface area contributed by atoms with Gasteiger partial charge in [0.25, 0.3) is 0 Å². The summed E-state index contributed by atoms with van der Waals surface area (Å²) in [5.41, 5.74) is 8.04. The Bertz CT molecular complexity index is 590. The number of nitrogens with two attached hydrogens (primary N) is 1. The third kappa shape index (κ3) is 4.47. The van der Waals surface area contributed by atoms with Crippen molar-refractivity contribution in [3.05, 3.63) is 71.8 Å². The summed E-state index contributed by atoms with van der Waals surface area (Å²) in [6.07, 6.45) is 5.52. The molecule has 3 nitrogen and oxygen atoms in total. The second kappa shape index (κ2) is 8.02. The van der Waals surface area contributed by atoms with Crippen LogP contribution in [0.3, 0.4) is 0 Å². The highest BCUT2D eigenvalue weighted by Gasteiger charge is 2.20. The summed E-state index contributed by atoms with van der Waals surface area (Å²) in [6, 6.07) is 19.1. The molecule has 112 valence electrons. The minimum Gasteiger partial charge on any atom is -0.333 e. The molecule has 1 amide bonds. The third-order valence-corrected chi connectivity index (χ3v) is 3.40. The number of amides is 1. The van der Waals surface area contributed by atoms with Crippen molar-refractivity contribution >= 4 is 5.91 Å². The van der Waals surface area contributed by atoms with Crippen molar-refractivity contribution in [3.8, 4) is 12.3 Å². The van der Waals surface area contributed by atoms with E-state index in [1.54, 1.807) is 4.90 Å². The van der Waals surface area contributed by atoms with Gasteiger partial charge in [0.1, 0.15) is 0 Å². The van der Waals surface area contributed by atoms with Crippen LogP contribution in [0.25, 0.3) is 0 Å². The number of carbonyl (C=O) groups excluding carboxylic acids is 1. The lowest BCUT2D eigenvalue weighted by molar-refractivity contribution is -0.133. The van der Waals surface area contributed by atoms with Crippen LogP contribution in [0.4, 0.5) is 0 Å². The van der Waals surface area contributed by atoms with Gasteiger partial charge in [-0.25, -0.2) is 0 Å². The van der Waals surface area contributed by atoms with E-state index in [4.69, 9.17) is 12.2 Å². The summed E-state index contributed by atoms with van der Waals surface area (Å²) in [5.74, 6) is 2.34. The second-order valence-corrected chi connectivity index (χ2v) is 5.18. The molecule has 2 N–H and O–H groups in total. The number of hydrogen-bond acceptors (Lipinski definition) is 2. The number of rotatable bonds is 6. The van der Waals surface area contributed by atoms with Crippen molar-refractivity contribution in [1.82, 2.24) is 4.90 Å². The Morgan fingerprint density at radius 3 is 1.86 bits per heavy atom. The molecule has 0 aromatic heterocycles. The normalized spacial score (nSPS) is 11.5. The molecule has 2 aromatic rings. The van der Waals surface area contributed by atoms with E-state index in [0.29, 0.717) is 13.1 Å². The molecule has 0 aliphatic heterocycles. The van der Waals surface area contributed by atoms with Gasteiger partial charge in [-0.3, -0.25) is 4.79 Å². The summed E-state index contributed by atoms with van der Waals surface area (Å²) in [7, 11) is 0. The van der Waals surface area contributed by atoms with Crippen molar-refractivity contribution in [1.29, 1.82) is 0 Å². The lowest BCUT2D eigenvalue weighted by Gasteiger charge is -2.25. The zero-order valence-corrected chi connectivity index (χ0v) is 12.5. The maximum Gasteiger partial charge on any atom is 0.241 e. The van der Waals surface area contributed by atoms with Crippen molar-refractivity contribution in [2.24, 2.45) is 5.73 Å². The number of carbonyl (C=O) groups is 1. The van der Waals surface area contributed by atoms with Gasteiger partial charge in [-0.15, -0.1) is 12.3 Å². The summed E-state index contributed by atoms with van der Waals surface area (Å²) < 4.78 is 0. The van der Waals surface area contributed by atoms with E-state index < -0.39 is 6.04 Å². The monoisotopic (exact) mass is 292 g/mol. The first-order valence-corrected chi connectivity index (χ1v) is 7.26. The highest BCUT2D eigenvalue weighted by atomic mass is 16.2. The standard InChI is InChI=1S/C19H20N2O/c1-2-9-18(20)19(22)21(14-16-10-5-3-6-11-16)15-17-12-7-4-8-13-17/h1,3-8,10-13,18H,9,14-15,20H2. The van der Waals surface area contributed by atoms with Gasteiger partial charge in [0.2, 0.25) is 5.91 Å². The number of nitrogens with zero attached hydrogens (tertiary/aromatic N) is 1. The average Bonchev–Trinajstić information content (AvgIpc) is 2.56. The van der Waals surface area contributed by atoms with Gasteiger partial charge in [0.15, 0.2) is 0 Å². The van der Waals surface area contributed by atoms with E-state index in [0.717, 1.165) is 11.1 Å². The number of benzene rings is 2. The average molecular weight is 292 g/mol. The van der Waals surface area contributed by atoms with E-state index in [9.17, 15) is 4.79 Å². The SMILES string of the molecule is C#CCC(N)C(=O)N(Cc1ccccc1)Cc1ccccc1. The van der Waals surface area contributed by atoms with E-state index in [-0.39, 0.29) is 12.3 Å². The first-order chi connectivity index (χ1) is 10.7. The molecule has 0 aliphatic rings. The van der Waals surface area contributed by atoms with Crippen LogP contribution in [0.1, 0.15) is 17.5 Å². The Labute approximate surface area is 131 Å². The van der Waals surface area contributed by atoms with Gasteiger partial charge in [-0.05, 0) is 11.1 Å². The Balaban J connectivity index is 2.16. The van der Waals surface area contributed by atoms with Crippen LogP contribution in [-0.4, -0.2) is 16.8 Å². The smallest absolute Gasteiger partial charge is 0.241 e. The quantitative estimate of drug-likeness (QED) is 0.832. The molecule has 0 aliphatic carbocycles. The Kier molecular flexibility index (Phi) is 5.76. The summed E-state index contributed by atoms with van der Waals surface area (Å²) in [6.45, 7) is 1.04. The van der Waals surface area contributed by atoms with Crippen LogP contribution in [0, 0.1) is 12.3 Å². The molecule has 0 bridgehead atoms. The van der Waals surface area contributed by atoms with E-state index in [1.807, 2.05) is 60.7 Å². The topological polar surface area (TPSA) is 46.3 Å². The van der Waals surface area contributed by atoms with Gasteiger partial charge >= 0.3 is 0 Å². The first kappa shape index (κ1) is 15.8. The fourth-order valence-electron chi connectivity index (χ4n) is 2.27. The zero-order chi connectivity index (χ0) is 15.8. The zero-order valence-electron chi connectivity index (χ0n) is 12.5. The summed E-state index contributed by atoms with van der Waals surface area (Å²) in [4.78, 5) is 14.3. The molecular formula is C19H20N2O. The lowest BCUT2D eigenvalue weighted by Crippen LogP contribution is -2.42. The second-order valence-electron chi connectivity index (χ2n) is 5.18. The fraction of sp³-hybridized carbons (Fsp3) is 0.211. The van der Waals surface area contributed by atoms with E-state index >= 15 is 0 Å². The van der Waals surface area contributed by atoms with Crippen molar-refractivity contribution < 1.29 is 4.79 Å². The molecule has 0 saturated carbocycles. The van der Waals surface area contributed by atoms with Crippen LogP contribution in [-0.2, 0) is 17.9 Å². The van der Waals surface area contributed by atoms with Gasteiger partial charge in [-0.2, -0.15) is 0 Å². The Morgan fingerprint density at radius 1 is 1.00 bits per heavy atom. The molecule has 0 radical (unpaired) electrons. The molecule has 1 unspecified atom stereocenters. The van der Waals surface area contributed by atoms with Gasteiger partial charge in [0.05, 0.1) is 6.04 Å². The molecule has 0 spiro atoms. The Hall–Kier alpha value is -2.57. The molecule has 0 saturated heterocycles. The summed E-state index contributed by atoms with van der Waals surface area (Å²) in [5, 5.41) is 0. The fourth-order valence-corrected chi connectivity index (χ4v) is 2.27. The van der Waals surface area contributed by atoms with Crippen LogP contribution in [0.2, 0.25) is 0 Å². The molecular weight excluding hydrogens is 272 g/mol. The highest BCUT2D eigenvalue weighted by Crippen LogP contribution is 2.12. The molecule has 22 heavy (non-hydrogen) atoms. The van der Waals surface area contributed by atoms with Crippen molar-refractivity contribution in [3.63, 3.8) is 0 Å². The maximum atomic E-state index is 12.5.